The molecule has 2 aromatic heterocycles. The standard InChI is InChI=1S/C18H21N5O/c1-12-3-4-14(9-13(12)2)10-17-22-21-16-6-5-15(11-23(16)17)18(24)20-8-7-19/h3-6,9,11H,7-8,10,19H2,1-2H3,(H,20,24). The molecule has 0 aliphatic heterocycles. The number of aryl methyl sites for hydroxylation is 2. The molecule has 0 aliphatic rings. The lowest BCUT2D eigenvalue weighted by molar-refractivity contribution is 0.0954. The summed E-state index contributed by atoms with van der Waals surface area (Å²) < 4.78 is 1.87. The number of benzene rings is 1. The van der Waals surface area contributed by atoms with E-state index in [-0.39, 0.29) is 5.91 Å². The number of amides is 1. The zero-order valence-corrected chi connectivity index (χ0v) is 13.9. The van der Waals surface area contributed by atoms with Gasteiger partial charge in [-0.15, -0.1) is 10.2 Å². The molecule has 124 valence electrons. The lowest BCUT2D eigenvalue weighted by Crippen LogP contribution is -2.29. The third-order valence-electron chi connectivity index (χ3n) is 4.10. The monoisotopic (exact) mass is 323 g/mol. The van der Waals surface area contributed by atoms with Gasteiger partial charge in [-0.1, -0.05) is 18.2 Å². The quantitative estimate of drug-likeness (QED) is 0.747. The van der Waals surface area contributed by atoms with Gasteiger partial charge in [-0.25, -0.2) is 0 Å². The molecule has 0 atom stereocenters. The molecule has 0 bridgehead atoms. The van der Waals surface area contributed by atoms with E-state index in [9.17, 15) is 4.79 Å². The first-order valence-corrected chi connectivity index (χ1v) is 7.96. The van der Waals surface area contributed by atoms with Crippen LogP contribution in [0.1, 0.15) is 32.9 Å². The van der Waals surface area contributed by atoms with E-state index < -0.39 is 0 Å². The molecule has 0 fully saturated rings. The summed E-state index contributed by atoms with van der Waals surface area (Å²) in [6.45, 7) is 5.06. The molecule has 1 aromatic carbocycles. The first kappa shape index (κ1) is 16.1. The van der Waals surface area contributed by atoms with E-state index in [2.05, 4.69) is 47.6 Å². The summed E-state index contributed by atoms with van der Waals surface area (Å²) in [4.78, 5) is 12.1. The van der Waals surface area contributed by atoms with Crippen LogP contribution in [0.2, 0.25) is 0 Å². The fourth-order valence-electron chi connectivity index (χ4n) is 2.58. The summed E-state index contributed by atoms with van der Waals surface area (Å²) in [5.74, 6) is 0.662. The predicted octanol–water partition coefficient (Wildman–Crippen LogP) is 1.63. The van der Waals surface area contributed by atoms with Crippen LogP contribution in [0.5, 0.6) is 0 Å². The van der Waals surface area contributed by atoms with Crippen molar-refractivity contribution in [2.24, 2.45) is 5.73 Å². The Labute approximate surface area is 140 Å². The number of hydrogen-bond donors (Lipinski definition) is 2. The van der Waals surface area contributed by atoms with E-state index >= 15 is 0 Å². The highest BCUT2D eigenvalue weighted by molar-refractivity contribution is 5.94. The van der Waals surface area contributed by atoms with Gasteiger partial charge >= 0.3 is 0 Å². The smallest absolute Gasteiger partial charge is 0.252 e. The average Bonchev–Trinajstić information content (AvgIpc) is 2.98. The molecule has 2 heterocycles. The lowest BCUT2D eigenvalue weighted by Gasteiger charge is -2.06. The van der Waals surface area contributed by atoms with E-state index in [0.717, 1.165) is 11.5 Å². The molecule has 3 rings (SSSR count). The van der Waals surface area contributed by atoms with Crippen LogP contribution in [-0.2, 0) is 6.42 Å². The number of rotatable bonds is 5. The molecule has 1 amide bonds. The van der Waals surface area contributed by atoms with Crippen molar-refractivity contribution < 1.29 is 4.79 Å². The minimum absolute atomic E-state index is 0.145. The van der Waals surface area contributed by atoms with Crippen molar-refractivity contribution in [2.75, 3.05) is 13.1 Å². The second kappa shape index (κ2) is 6.80. The fraction of sp³-hybridized carbons (Fsp3) is 0.278. The number of nitrogens with one attached hydrogen (secondary N) is 1. The molecule has 0 spiro atoms. The lowest BCUT2D eigenvalue weighted by atomic mass is 10.0. The van der Waals surface area contributed by atoms with Gasteiger partial charge in [-0.3, -0.25) is 9.20 Å². The first-order chi connectivity index (χ1) is 11.6. The van der Waals surface area contributed by atoms with Crippen LogP contribution < -0.4 is 11.1 Å². The van der Waals surface area contributed by atoms with Crippen molar-refractivity contribution in [1.82, 2.24) is 19.9 Å². The highest BCUT2D eigenvalue weighted by Crippen LogP contribution is 2.15. The van der Waals surface area contributed by atoms with Crippen molar-refractivity contribution in [3.63, 3.8) is 0 Å². The Hall–Kier alpha value is -2.73. The molecule has 0 aliphatic carbocycles. The summed E-state index contributed by atoms with van der Waals surface area (Å²) in [6.07, 6.45) is 2.44. The van der Waals surface area contributed by atoms with Gasteiger partial charge in [-0.2, -0.15) is 0 Å². The van der Waals surface area contributed by atoms with Crippen LogP contribution in [-0.4, -0.2) is 33.6 Å². The molecule has 0 unspecified atom stereocenters. The Kier molecular flexibility index (Phi) is 4.57. The van der Waals surface area contributed by atoms with Crippen LogP contribution >= 0.6 is 0 Å². The number of nitrogens with two attached hydrogens (primary N) is 1. The Morgan fingerprint density at radius 3 is 2.75 bits per heavy atom. The largest absolute Gasteiger partial charge is 0.351 e. The van der Waals surface area contributed by atoms with Gasteiger partial charge < -0.3 is 11.1 Å². The molecular formula is C18H21N5O. The van der Waals surface area contributed by atoms with Crippen LogP contribution in [0.25, 0.3) is 5.65 Å². The van der Waals surface area contributed by atoms with Gasteiger partial charge in [0.05, 0.1) is 5.56 Å². The minimum atomic E-state index is -0.145. The summed E-state index contributed by atoms with van der Waals surface area (Å²) in [5, 5.41) is 11.2. The van der Waals surface area contributed by atoms with Crippen molar-refractivity contribution >= 4 is 11.6 Å². The Morgan fingerprint density at radius 1 is 1.17 bits per heavy atom. The molecule has 0 radical (unpaired) electrons. The van der Waals surface area contributed by atoms with Crippen molar-refractivity contribution in [2.45, 2.75) is 20.3 Å². The Balaban J connectivity index is 1.90. The van der Waals surface area contributed by atoms with Crippen LogP contribution in [0.4, 0.5) is 0 Å². The maximum absolute atomic E-state index is 12.1. The van der Waals surface area contributed by atoms with Crippen molar-refractivity contribution in [3.8, 4) is 0 Å². The number of pyridine rings is 1. The summed E-state index contributed by atoms with van der Waals surface area (Å²) in [5.41, 5.74) is 10.4. The number of carbonyl (C=O) groups excluding carboxylic acids is 1. The second-order valence-corrected chi connectivity index (χ2v) is 5.90. The number of nitrogens with zero attached hydrogens (tertiary/aromatic N) is 3. The highest BCUT2D eigenvalue weighted by atomic mass is 16.1. The molecule has 3 N–H and O–H groups in total. The van der Waals surface area contributed by atoms with Gasteiger partial charge in [0.15, 0.2) is 5.65 Å². The van der Waals surface area contributed by atoms with E-state index in [4.69, 9.17) is 5.73 Å². The zero-order chi connectivity index (χ0) is 17.1. The van der Waals surface area contributed by atoms with Gasteiger partial charge in [0.1, 0.15) is 5.82 Å². The maximum Gasteiger partial charge on any atom is 0.252 e. The van der Waals surface area contributed by atoms with E-state index in [0.29, 0.717) is 25.1 Å². The zero-order valence-electron chi connectivity index (χ0n) is 13.9. The molecule has 0 saturated heterocycles. The fourth-order valence-corrected chi connectivity index (χ4v) is 2.58. The van der Waals surface area contributed by atoms with Gasteiger partial charge in [0.2, 0.25) is 0 Å². The van der Waals surface area contributed by atoms with Crippen LogP contribution in [0.3, 0.4) is 0 Å². The van der Waals surface area contributed by atoms with Gasteiger partial charge in [-0.05, 0) is 42.7 Å². The normalized spacial score (nSPS) is 11.0. The molecule has 6 nitrogen and oxygen atoms in total. The third kappa shape index (κ3) is 3.28. The van der Waals surface area contributed by atoms with E-state index in [1.165, 1.54) is 16.7 Å². The van der Waals surface area contributed by atoms with E-state index in [1.54, 1.807) is 18.3 Å². The minimum Gasteiger partial charge on any atom is -0.351 e. The average molecular weight is 323 g/mol. The topological polar surface area (TPSA) is 85.3 Å². The number of fused-ring (bicyclic) bond motifs is 1. The van der Waals surface area contributed by atoms with E-state index in [1.807, 2.05) is 4.40 Å². The summed E-state index contributed by atoms with van der Waals surface area (Å²) in [6, 6.07) is 9.92. The Morgan fingerprint density at radius 2 is 2.00 bits per heavy atom. The molecular weight excluding hydrogens is 302 g/mol. The second-order valence-electron chi connectivity index (χ2n) is 5.90. The van der Waals surface area contributed by atoms with Crippen molar-refractivity contribution in [3.05, 3.63) is 64.6 Å². The third-order valence-corrected chi connectivity index (χ3v) is 4.10. The number of carbonyl (C=O) groups is 1. The number of aromatic nitrogens is 3. The first-order valence-electron chi connectivity index (χ1n) is 7.96. The predicted molar refractivity (Wildman–Crippen MR) is 93.1 cm³/mol. The SMILES string of the molecule is Cc1ccc(Cc2nnc3ccc(C(=O)NCCN)cn23)cc1C. The maximum atomic E-state index is 12.1. The van der Waals surface area contributed by atoms with Gasteiger partial charge in [0, 0.05) is 25.7 Å². The van der Waals surface area contributed by atoms with Crippen LogP contribution in [0.15, 0.2) is 36.5 Å². The molecule has 24 heavy (non-hydrogen) atoms. The number of hydrogen-bond acceptors (Lipinski definition) is 4. The Bertz CT molecular complexity index is 884. The molecule has 3 aromatic rings. The highest BCUT2D eigenvalue weighted by Gasteiger charge is 2.11. The molecule has 0 saturated carbocycles. The summed E-state index contributed by atoms with van der Waals surface area (Å²) in [7, 11) is 0. The van der Waals surface area contributed by atoms with Crippen LogP contribution in [0, 0.1) is 13.8 Å². The summed E-state index contributed by atoms with van der Waals surface area (Å²) >= 11 is 0. The van der Waals surface area contributed by atoms with Gasteiger partial charge in [0.25, 0.3) is 5.91 Å². The van der Waals surface area contributed by atoms with Crippen molar-refractivity contribution in [1.29, 1.82) is 0 Å². The molecule has 6 heteroatoms.